The SMILES string of the molecule is c1cc(-c2cccc3sc4ccccc4c23)cc(N(c2ccc(-c3cc4ccccc4c4ccccc34)cc2)c2cccc3oc4c5ccccc5ccc4c23)c1. The van der Waals surface area contributed by atoms with Crippen LogP contribution in [0.4, 0.5) is 17.1 Å². The zero-order valence-corrected chi connectivity index (χ0v) is 31.6. The molecule has 0 radical (unpaired) electrons. The van der Waals surface area contributed by atoms with Gasteiger partial charge in [-0.1, -0.05) is 140 Å². The van der Waals surface area contributed by atoms with Crippen LogP contribution < -0.4 is 4.90 Å². The molecular weight excluding hydrogens is 711 g/mol. The molecule has 10 aromatic carbocycles. The Morgan fingerprint density at radius 3 is 1.95 bits per heavy atom. The van der Waals surface area contributed by atoms with Crippen LogP contribution in [0.2, 0.25) is 0 Å². The van der Waals surface area contributed by atoms with Gasteiger partial charge in [0.25, 0.3) is 0 Å². The average Bonchev–Trinajstić information content (AvgIpc) is 3.86. The van der Waals surface area contributed by atoms with Crippen molar-refractivity contribution in [2.24, 2.45) is 0 Å². The number of hydrogen-bond donors (Lipinski definition) is 0. The first-order valence-electron chi connectivity index (χ1n) is 19.4. The Hall–Kier alpha value is -7.20. The molecule has 0 aliphatic rings. The minimum atomic E-state index is 0.869. The summed E-state index contributed by atoms with van der Waals surface area (Å²) in [6.45, 7) is 0. The third-order valence-corrected chi connectivity index (χ3v) is 12.8. The van der Waals surface area contributed by atoms with Crippen LogP contribution in [0.3, 0.4) is 0 Å². The fraction of sp³-hybridized carbons (Fsp3) is 0. The number of nitrogens with zero attached hydrogens (tertiary/aromatic N) is 1. The van der Waals surface area contributed by atoms with E-state index in [-0.39, 0.29) is 0 Å². The molecule has 3 heteroatoms. The lowest BCUT2D eigenvalue weighted by Gasteiger charge is -2.27. The number of thiophene rings is 1. The minimum absolute atomic E-state index is 0.869. The maximum Gasteiger partial charge on any atom is 0.143 e. The predicted molar refractivity (Wildman–Crippen MR) is 245 cm³/mol. The first-order chi connectivity index (χ1) is 28.3. The maximum absolute atomic E-state index is 6.73. The van der Waals surface area contributed by atoms with Crippen molar-refractivity contribution in [2.75, 3.05) is 4.90 Å². The second-order valence-corrected chi connectivity index (χ2v) is 15.9. The summed E-state index contributed by atoms with van der Waals surface area (Å²) in [7, 11) is 0. The summed E-state index contributed by atoms with van der Waals surface area (Å²) < 4.78 is 9.34. The number of rotatable bonds is 5. The van der Waals surface area contributed by atoms with Crippen LogP contribution in [0, 0.1) is 0 Å². The molecule has 0 saturated heterocycles. The second kappa shape index (κ2) is 12.7. The van der Waals surface area contributed by atoms with Crippen LogP contribution in [0.1, 0.15) is 0 Å². The zero-order valence-electron chi connectivity index (χ0n) is 30.8. The lowest BCUT2D eigenvalue weighted by Crippen LogP contribution is -2.10. The van der Waals surface area contributed by atoms with Crippen molar-refractivity contribution >= 4 is 103 Å². The Morgan fingerprint density at radius 2 is 1.07 bits per heavy atom. The first kappa shape index (κ1) is 32.1. The van der Waals surface area contributed by atoms with Gasteiger partial charge in [0.05, 0.1) is 11.1 Å². The van der Waals surface area contributed by atoms with Crippen molar-refractivity contribution in [1.82, 2.24) is 0 Å². The number of furan rings is 1. The summed E-state index contributed by atoms with van der Waals surface area (Å²) in [5.41, 5.74) is 9.84. The minimum Gasteiger partial charge on any atom is -0.455 e. The molecule has 12 rings (SSSR count). The van der Waals surface area contributed by atoms with Crippen LogP contribution in [0.5, 0.6) is 0 Å². The smallest absolute Gasteiger partial charge is 0.143 e. The normalized spacial score (nSPS) is 11.9. The lowest BCUT2D eigenvalue weighted by molar-refractivity contribution is 0.672. The van der Waals surface area contributed by atoms with Gasteiger partial charge < -0.3 is 9.32 Å². The summed E-state index contributed by atoms with van der Waals surface area (Å²) in [5, 5.41) is 12.1. The Morgan fingerprint density at radius 1 is 0.368 bits per heavy atom. The average molecular weight is 744 g/mol. The monoisotopic (exact) mass is 743 g/mol. The first-order valence-corrected chi connectivity index (χ1v) is 20.2. The van der Waals surface area contributed by atoms with Crippen molar-refractivity contribution in [3.8, 4) is 22.3 Å². The van der Waals surface area contributed by atoms with Gasteiger partial charge in [0.15, 0.2) is 0 Å². The van der Waals surface area contributed by atoms with Crippen molar-refractivity contribution in [3.05, 3.63) is 200 Å². The van der Waals surface area contributed by atoms with E-state index < -0.39 is 0 Å². The highest BCUT2D eigenvalue weighted by Crippen LogP contribution is 2.47. The molecule has 2 nitrogen and oxygen atoms in total. The van der Waals surface area contributed by atoms with Gasteiger partial charge in [-0.2, -0.15) is 0 Å². The van der Waals surface area contributed by atoms with E-state index in [1.54, 1.807) is 0 Å². The quantitative estimate of drug-likeness (QED) is 0.163. The van der Waals surface area contributed by atoms with Gasteiger partial charge in [0, 0.05) is 42.3 Å². The second-order valence-electron chi connectivity index (χ2n) is 14.8. The Balaban J connectivity index is 1.08. The summed E-state index contributed by atoms with van der Waals surface area (Å²) in [4.78, 5) is 2.41. The van der Waals surface area contributed by atoms with E-state index in [0.717, 1.165) is 44.4 Å². The maximum atomic E-state index is 6.73. The number of hydrogen-bond acceptors (Lipinski definition) is 3. The van der Waals surface area contributed by atoms with E-state index in [1.165, 1.54) is 69.4 Å². The molecule has 0 bridgehead atoms. The molecule has 0 unspecified atom stereocenters. The molecule has 0 spiro atoms. The van der Waals surface area contributed by atoms with E-state index in [0.29, 0.717) is 0 Å². The van der Waals surface area contributed by atoms with Crippen molar-refractivity contribution in [1.29, 1.82) is 0 Å². The van der Waals surface area contributed by atoms with Gasteiger partial charge in [0.1, 0.15) is 11.2 Å². The molecule has 57 heavy (non-hydrogen) atoms. The fourth-order valence-electron chi connectivity index (χ4n) is 9.06. The molecule has 0 amide bonds. The molecular formula is C54H33NOS. The van der Waals surface area contributed by atoms with Crippen LogP contribution >= 0.6 is 11.3 Å². The van der Waals surface area contributed by atoms with Gasteiger partial charge in [-0.3, -0.25) is 0 Å². The van der Waals surface area contributed by atoms with Crippen molar-refractivity contribution < 1.29 is 4.42 Å². The molecule has 2 aromatic heterocycles. The van der Waals surface area contributed by atoms with Crippen molar-refractivity contribution in [3.63, 3.8) is 0 Å². The molecule has 266 valence electrons. The Kier molecular flexibility index (Phi) is 7.13. The van der Waals surface area contributed by atoms with E-state index in [9.17, 15) is 0 Å². The highest BCUT2D eigenvalue weighted by molar-refractivity contribution is 7.25. The molecule has 2 heterocycles. The topological polar surface area (TPSA) is 16.4 Å². The van der Waals surface area contributed by atoms with Crippen LogP contribution in [0.15, 0.2) is 205 Å². The van der Waals surface area contributed by atoms with Gasteiger partial charge in [-0.05, 0) is 110 Å². The molecule has 0 atom stereocenters. The van der Waals surface area contributed by atoms with E-state index in [1.807, 2.05) is 11.3 Å². The summed E-state index contributed by atoms with van der Waals surface area (Å²) >= 11 is 1.86. The summed E-state index contributed by atoms with van der Waals surface area (Å²) in [5.74, 6) is 0. The van der Waals surface area contributed by atoms with Gasteiger partial charge >= 0.3 is 0 Å². The Bertz CT molecular complexity index is 3540. The van der Waals surface area contributed by atoms with E-state index in [4.69, 9.17) is 4.42 Å². The molecule has 0 saturated carbocycles. The van der Waals surface area contributed by atoms with E-state index >= 15 is 0 Å². The molecule has 0 N–H and O–H groups in total. The summed E-state index contributed by atoms with van der Waals surface area (Å²) in [6, 6.07) is 72.7. The highest BCUT2D eigenvalue weighted by Gasteiger charge is 2.22. The third-order valence-electron chi connectivity index (χ3n) is 11.6. The lowest BCUT2D eigenvalue weighted by atomic mass is 9.93. The largest absolute Gasteiger partial charge is 0.455 e. The van der Waals surface area contributed by atoms with Gasteiger partial charge in [-0.15, -0.1) is 11.3 Å². The molecule has 0 fully saturated rings. The molecule has 0 aliphatic heterocycles. The standard InChI is InChI=1S/C54H33NOS/c1-4-17-42-34(12-1)28-31-46-53-48(22-11-23-49(53)56-54(42)46)55(39-15-9-14-36(32-39)41-21-10-25-51-52(41)45-20-7-8-24-50(45)57-51)38-29-26-35(27-30-38)47-33-37-13-2-3-16-40(37)43-18-5-6-19-44(43)47/h1-33H. The molecule has 0 aliphatic carbocycles. The third kappa shape index (κ3) is 5.03. The van der Waals surface area contributed by atoms with Gasteiger partial charge in [0.2, 0.25) is 0 Å². The molecule has 12 aromatic rings. The number of benzene rings is 10. The van der Waals surface area contributed by atoms with Crippen molar-refractivity contribution in [2.45, 2.75) is 0 Å². The fourth-order valence-corrected chi connectivity index (χ4v) is 10.2. The zero-order chi connectivity index (χ0) is 37.5. The van der Waals surface area contributed by atoms with E-state index in [2.05, 4.69) is 205 Å². The summed E-state index contributed by atoms with van der Waals surface area (Å²) in [6.07, 6.45) is 0. The predicted octanol–water partition coefficient (Wildman–Crippen LogP) is 16.2. The van der Waals surface area contributed by atoms with Gasteiger partial charge in [-0.25, -0.2) is 0 Å². The number of anilines is 3. The van der Waals surface area contributed by atoms with Crippen LogP contribution in [0.25, 0.3) is 96.7 Å². The number of fused-ring (bicyclic) bond motifs is 11. The van der Waals surface area contributed by atoms with Crippen LogP contribution in [-0.2, 0) is 0 Å². The Labute approximate surface area is 333 Å². The van der Waals surface area contributed by atoms with Crippen LogP contribution in [-0.4, -0.2) is 0 Å². The highest BCUT2D eigenvalue weighted by atomic mass is 32.1.